The third-order valence-corrected chi connectivity index (χ3v) is 2.72. The third kappa shape index (κ3) is 3.50. The van der Waals surface area contributed by atoms with Crippen molar-refractivity contribution in [3.05, 3.63) is 53.8 Å². The molecule has 2 aromatic rings. The minimum absolute atomic E-state index is 0.0493. The fourth-order valence-corrected chi connectivity index (χ4v) is 1.84. The van der Waals surface area contributed by atoms with Crippen LogP contribution in [0.15, 0.2) is 42.5 Å². The zero-order valence-electron chi connectivity index (χ0n) is 10.4. The third-order valence-electron chi connectivity index (χ3n) is 2.72. The van der Waals surface area contributed by atoms with Gasteiger partial charge in [0.2, 0.25) is 0 Å². The van der Waals surface area contributed by atoms with E-state index < -0.39 is 23.7 Å². The van der Waals surface area contributed by atoms with Crippen LogP contribution in [0.1, 0.15) is 5.56 Å². The minimum Gasteiger partial charge on any atom is -0.465 e. The number of halogens is 4. The first kappa shape index (κ1) is 14.8. The molecule has 7 heteroatoms. The van der Waals surface area contributed by atoms with Crippen LogP contribution in [-0.2, 0) is 6.18 Å². The zero-order chi connectivity index (χ0) is 15.6. The van der Waals surface area contributed by atoms with Gasteiger partial charge in [-0.3, -0.25) is 5.32 Å². The number of carboxylic acid groups (broad SMARTS) is 1. The average Bonchev–Trinajstić information content (AvgIpc) is 2.37. The van der Waals surface area contributed by atoms with E-state index in [1.807, 2.05) is 5.32 Å². The van der Waals surface area contributed by atoms with Crippen LogP contribution in [0.25, 0.3) is 11.1 Å². The van der Waals surface area contributed by atoms with Crippen LogP contribution in [0, 0.1) is 5.82 Å². The van der Waals surface area contributed by atoms with Crippen LogP contribution < -0.4 is 5.32 Å². The molecular formula is C14H9F4NO2. The van der Waals surface area contributed by atoms with E-state index in [1.54, 1.807) is 0 Å². The summed E-state index contributed by atoms with van der Waals surface area (Å²) in [7, 11) is 0. The molecule has 0 saturated carbocycles. The summed E-state index contributed by atoms with van der Waals surface area (Å²) in [6.07, 6.45) is -6.00. The van der Waals surface area contributed by atoms with Crippen molar-refractivity contribution in [2.24, 2.45) is 0 Å². The number of amides is 1. The van der Waals surface area contributed by atoms with Crippen molar-refractivity contribution in [2.45, 2.75) is 6.18 Å². The first-order valence-electron chi connectivity index (χ1n) is 5.74. The van der Waals surface area contributed by atoms with Crippen LogP contribution in [0.3, 0.4) is 0 Å². The van der Waals surface area contributed by atoms with Crippen molar-refractivity contribution in [2.75, 3.05) is 5.32 Å². The van der Waals surface area contributed by atoms with Crippen molar-refractivity contribution in [3.8, 4) is 11.1 Å². The van der Waals surface area contributed by atoms with Gasteiger partial charge in [-0.2, -0.15) is 13.2 Å². The van der Waals surface area contributed by atoms with Crippen LogP contribution in [0.4, 0.5) is 28.0 Å². The number of hydrogen-bond acceptors (Lipinski definition) is 1. The summed E-state index contributed by atoms with van der Waals surface area (Å²) in [4.78, 5) is 10.7. The largest absolute Gasteiger partial charge is 0.465 e. The molecule has 0 aliphatic heterocycles. The standard InChI is InChI=1S/C14H9F4NO2/c15-10-3-1-2-8(6-10)11-7-9(14(16,17)18)4-5-12(11)19-13(20)21/h1-7,19H,(H,20,21). The molecule has 0 bridgehead atoms. The van der Waals surface area contributed by atoms with E-state index in [0.717, 1.165) is 30.3 Å². The molecule has 0 saturated heterocycles. The van der Waals surface area contributed by atoms with Gasteiger partial charge in [-0.15, -0.1) is 0 Å². The number of hydrogen-bond donors (Lipinski definition) is 2. The maximum Gasteiger partial charge on any atom is 0.416 e. The smallest absolute Gasteiger partial charge is 0.416 e. The number of anilines is 1. The van der Waals surface area contributed by atoms with Crippen LogP contribution in [0.2, 0.25) is 0 Å². The average molecular weight is 299 g/mol. The van der Waals surface area contributed by atoms with Crippen LogP contribution in [0.5, 0.6) is 0 Å². The van der Waals surface area contributed by atoms with E-state index in [-0.39, 0.29) is 16.8 Å². The van der Waals surface area contributed by atoms with Crippen LogP contribution in [-0.4, -0.2) is 11.2 Å². The molecule has 0 atom stereocenters. The molecule has 0 fully saturated rings. The molecule has 0 spiro atoms. The Labute approximate surface area is 116 Å². The molecule has 1 amide bonds. The first-order valence-corrected chi connectivity index (χ1v) is 5.74. The number of alkyl halides is 3. The fraction of sp³-hybridized carbons (Fsp3) is 0.0714. The Bertz CT molecular complexity index is 683. The highest BCUT2D eigenvalue weighted by atomic mass is 19.4. The lowest BCUT2D eigenvalue weighted by molar-refractivity contribution is -0.137. The number of benzene rings is 2. The second-order valence-electron chi connectivity index (χ2n) is 4.20. The summed E-state index contributed by atoms with van der Waals surface area (Å²) < 4.78 is 51.5. The topological polar surface area (TPSA) is 49.3 Å². The SMILES string of the molecule is O=C(O)Nc1ccc(C(F)(F)F)cc1-c1cccc(F)c1. The molecule has 2 aromatic carbocycles. The lowest BCUT2D eigenvalue weighted by atomic mass is 10.0. The Morgan fingerprint density at radius 1 is 1.10 bits per heavy atom. The van der Waals surface area contributed by atoms with E-state index in [1.165, 1.54) is 12.1 Å². The first-order chi connectivity index (χ1) is 9.77. The van der Waals surface area contributed by atoms with E-state index >= 15 is 0 Å². The van der Waals surface area contributed by atoms with Gasteiger partial charge in [0.25, 0.3) is 0 Å². The Balaban J connectivity index is 2.60. The van der Waals surface area contributed by atoms with Gasteiger partial charge in [-0.25, -0.2) is 9.18 Å². The Hall–Kier alpha value is -2.57. The summed E-state index contributed by atoms with van der Waals surface area (Å²) in [5.74, 6) is -0.633. The quantitative estimate of drug-likeness (QED) is 0.796. The predicted octanol–water partition coefficient (Wildman–Crippen LogP) is 4.60. The molecular weight excluding hydrogens is 290 g/mol. The van der Waals surface area contributed by atoms with E-state index in [2.05, 4.69) is 0 Å². The Kier molecular flexibility index (Phi) is 3.84. The van der Waals surface area contributed by atoms with Crippen molar-refractivity contribution < 1.29 is 27.5 Å². The predicted molar refractivity (Wildman–Crippen MR) is 68.5 cm³/mol. The molecule has 21 heavy (non-hydrogen) atoms. The van der Waals surface area contributed by atoms with E-state index in [4.69, 9.17) is 5.11 Å². The number of carbonyl (C=O) groups is 1. The molecule has 0 aliphatic rings. The zero-order valence-corrected chi connectivity index (χ0v) is 10.4. The van der Waals surface area contributed by atoms with Crippen molar-refractivity contribution in [1.29, 1.82) is 0 Å². The summed E-state index contributed by atoms with van der Waals surface area (Å²) in [6.45, 7) is 0. The molecule has 2 N–H and O–H groups in total. The molecule has 3 nitrogen and oxygen atoms in total. The van der Waals surface area contributed by atoms with E-state index in [0.29, 0.717) is 0 Å². The van der Waals surface area contributed by atoms with Crippen molar-refractivity contribution in [1.82, 2.24) is 0 Å². The normalized spacial score (nSPS) is 11.2. The van der Waals surface area contributed by atoms with Gasteiger partial charge in [0.15, 0.2) is 0 Å². The molecule has 110 valence electrons. The lowest BCUT2D eigenvalue weighted by Crippen LogP contribution is -2.10. The van der Waals surface area contributed by atoms with Gasteiger partial charge in [0, 0.05) is 5.56 Å². The maximum atomic E-state index is 13.2. The molecule has 0 aliphatic carbocycles. The molecule has 0 unspecified atom stereocenters. The monoisotopic (exact) mass is 299 g/mol. The second-order valence-corrected chi connectivity index (χ2v) is 4.20. The van der Waals surface area contributed by atoms with Gasteiger partial charge in [0.1, 0.15) is 5.82 Å². The van der Waals surface area contributed by atoms with Crippen LogP contribution >= 0.6 is 0 Å². The highest BCUT2D eigenvalue weighted by Gasteiger charge is 2.31. The Morgan fingerprint density at radius 3 is 2.38 bits per heavy atom. The molecule has 0 radical (unpaired) electrons. The summed E-state index contributed by atoms with van der Waals surface area (Å²) in [5, 5.41) is 10.7. The van der Waals surface area contributed by atoms with Gasteiger partial charge in [-0.05, 0) is 35.9 Å². The van der Waals surface area contributed by atoms with Gasteiger partial charge < -0.3 is 5.11 Å². The summed E-state index contributed by atoms with van der Waals surface area (Å²) in [6, 6.07) is 7.43. The Morgan fingerprint density at radius 2 is 1.81 bits per heavy atom. The summed E-state index contributed by atoms with van der Waals surface area (Å²) >= 11 is 0. The van der Waals surface area contributed by atoms with Gasteiger partial charge in [-0.1, -0.05) is 12.1 Å². The van der Waals surface area contributed by atoms with Crippen molar-refractivity contribution >= 4 is 11.8 Å². The van der Waals surface area contributed by atoms with Crippen molar-refractivity contribution in [3.63, 3.8) is 0 Å². The van der Waals surface area contributed by atoms with Gasteiger partial charge in [0.05, 0.1) is 11.3 Å². The lowest BCUT2D eigenvalue weighted by Gasteiger charge is -2.13. The summed E-state index contributed by atoms with van der Waals surface area (Å²) in [5.41, 5.74) is -0.907. The highest BCUT2D eigenvalue weighted by molar-refractivity contribution is 5.90. The number of nitrogens with one attached hydrogen (secondary N) is 1. The number of rotatable bonds is 2. The van der Waals surface area contributed by atoms with Gasteiger partial charge >= 0.3 is 12.3 Å². The molecule has 2 rings (SSSR count). The highest BCUT2D eigenvalue weighted by Crippen LogP contribution is 2.36. The van der Waals surface area contributed by atoms with E-state index in [9.17, 15) is 22.4 Å². The molecule has 0 heterocycles. The minimum atomic E-state index is -4.58. The second kappa shape index (κ2) is 5.43. The molecule has 0 aromatic heterocycles. The maximum absolute atomic E-state index is 13.2. The fourth-order valence-electron chi connectivity index (χ4n) is 1.84.